The van der Waals surface area contributed by atoms with Crippen LogP contribution in [0, 0.1) is 12.3 Å². The Balaban J connectivity index is 1.68. The zero-order valence-corrected chi connectivity index (χ0v) is 16.3. The minimum Gasteiger partial charge on any atom is -0.450 e. The number of ether oxygens (including phenoxy) is 1. The van der Waals surface area contributed by atoms with E-state index < -0.39 is 0 Å². The summed E-state index contributed by atoms with van der Waals surface area (Å²) in [6, 6.07) is 1.90. The highest BCUT2D eigenvalue weighted by molar-refractivity contribution is 7.16. The fraction of sp³-hybridized carbons (Fsp3) is 0.444. The van der Waals surface area contributed by atoms with Gasteiger partial charge in [-0.05, 0) is 31.9 Å². The Morgan fingerprint density at radius 3 is 2.96 bits per heavy atom. The highest BCUT2D eigenvalue weighted by Gasteiger charge is 2.27. The Bertz CT molecular complexity index is 857. The number of carbonyl (C=O) groups excluding carboxylic acids is 2. The summed E-state index contributed by atoms with van der Waals surface area (Å²) in [6.45, 7) is 5.57. The molecule has 0 radical (unpaired) electrons. The van der Waals surface area contributed by atoms with Crippen molar-refractivity contribution < 1.29 is 14.3 Å². The number of hydrogen-bond acceptors (Lipinski definition) is 6. The Kier molecular flexibility index (Phi) is 5.90. The van der Waals surface area contributed by atoms with Crippen LogP contribution < -0.4 is 5.32 Å². The Morgan fingerprint density at radius 1 is 1.48 bits per heavy atom. The number of anilines is 1. The van der Waals surface area contributed by atoms with Gasteiger partial charge in [-0.1, -0.05) is 0 Å². The second-order valence-corrected chi connectivity index (χ2v) is 7.36. The van der Waals surface area contributed by atoms with Crippen molar-refractivity contribution in [1.82, 2.24) is 14.7 Å². The van der Waals surface area contributed by atoms with Gasteiger partial charge in [-0.3, -0.25) is 9.48 Å². The summed E-state index contributed by atoms with van der Waals surface area (Å²) in [5.41, 5.74) is 2.78. The van der Waals surface area contributed by atoms with Crippen molar-refractivity contribution in [1.29, 1.82) is 5.41 Å². The summed E-state index contributed by atoms with van der Waals surface area (Å²) in [6.07, 6.45) is 3.62. The Labute approximate surface area is 161 Å². The van der Waals surface area contributed by atoms with Gasteiger partial charge in [0.15, 0.2) is 0 Å². The number of aromatic nitrogens is 2. The number of carbonyl (C=O) groups is 2. The zero-order valence-electron chi connectivity index (χ0n) is 15.4. The molecule has 8 nitrogen and oxygen atoms in total. The largest absolute Gasteiger partial charge is 0.450 e. The third kappa shape index (κ3) is 4.19. The van der Waals surface area contributed by atoms with Gasteiger partial charge in [-0.15, -0.1) is 11.3 Å². The van der Waals surface area contributed by atoms with Gasteiger partial charge in [-0.2, -0.15) is 5.10 Å². The van der Waals surface area contributed by atoms with E-state index in [9.17, 15) is 9.59 Å². The van der Waals surface area contributed by atoms with Gasteiger partial charge in [0, 0.05) is 48.1 Å². The molecule has 27 heavy (non-hydrogen) atoms. The van der Waals surface area contributed by atoms with Crippen LogP contribution in [-0.2, 0) is 29.0 Å². The molecule has 3 rings (SSSR count). The molecule has 3 heterocycles. The molecule has 1 aliphatic heterocycles. The summed E-state index contributed by atoms with van der Waals surface area (Å²) < 4.78 is 6.86. The minimum atomic E-state index is -0.326. The molecular weight excluding hydrogens is 366 g/mol. The molecule has 2 N–H and O–H groups in total. The van der Waals surface area contributed by atoms with Gasteiger partial charge in [0.2, 0.25) is 5.91 Å². The van der Waals surface area contributed by atoms with E-state index in [1.54, 1.807) is 22.7 Å². The number of thiophene rings is 1. The van der Waals surface area contributed by atoms with Crippen molar-refractivity contribution in [3.8, 4) is 0 Å². The lowest BCUT2D eigenvalue weighted by atomic mass is 10.0. The number of amides is 2. The average molecular weight is 389 g/mol. The summed E-state index contributed by atoms with van der Waals surface area (Å²) >= 11 is 1.43. The first kappa shape index (κ1) is 19.1. The van der Waals surface area contributed by atoms with Crippen LogP contribution in [0.15, 0.2) is 12.3 Å². The Hall–Kier alpha value is -2.68. The fourth-order valence-electron chi connectivity index (χ4n) is 3.07. The van der Waals surface area contributed by atoms with E-state index in [4.69, 9.17) is 10.1 Å². The zero-order chi connectivity index (χ0) is 19.4. The van der Waals surface area contributed by atoms with Crippen LogP contribution in [0.4, 0.5) is 9.80 Å². The van der Waals surface area contributed by atoms with Crippen LogP contribution in [-0.4, -0.2) is 46.0 Å². The molecule has 0 atom stereocenters. The predicted octanol–water partition coefficient (Wildman–Crippen LogP) is 2.79. The van der Waals surface area contributed by atoms with Crippen LogP contribution in [0.5, 0.6) is 0 Å². The van der Waals surface area contributed by atoms with Crippen LogP contribution in [0.25, 0.3) is 0 Å². The third-order valence-electron chi connectivity index (χ3n) is 4.50. The molecule has 144 valence electrons. The fourth-order valence-corrected chi connectivity index (χ4v) is 4.33. The molecule has 0 unspecified atom stereocenters. The molecule has 9 heteroatoms. The summed E-state index contributed by atoms with van der Waals surface area (Å²) in [7, 11) is 0. The van der Waals surface area contributed by atoms with Crippen molar-refractivity contribution in [2.75, 3.05) is 18.5 Å². The molecule has 2 amide bonds. The average Bonchev–Trinajstić information content (AvgIpc) is 3.21. The molecule has 0 spiro atoms. The second-order valence-electron chi connectivity index (χ2n) is 6.26. The highest BCUT2D eigenvalue weighted by Crippen LogP contribution is 2.36. The van der Waals surface area contributed by atoms with Crippen molar-refractivity contribution in [3.63, 3.8) is 0 Å². The molecular formula is C18H23N5O3S. The minimum absolute atomic E-state index is 0.117. The van der Waals surface area contributed by atoms with E-state index in [0.717, 1.165) is 21.7 Å². The lowest BCUT2D eigenvalue weighted by Crippen LogP contribution is -2.35. The van der Waals surface area contributed by atoms with Crippen molar-refractivity contribution in [2.24, 2.45) is 0 Å². The molecule has 2 aromatic rings. The van der Waals surface area contributed by atoms with Gasteiger partial charge < -0.3 is 20.4 Å². The number of rotatable bonds is 6. The van der Waals surface area contributed by atoms with E-state index in [1.165, 1.54) is 17.6 Å². The lowest BCUT2D eigenvalue weighted by molar-refractivity contribution is -0.116. The first-order valence-electron chi connectivity index (χ1n) is 8.88. The lowest BCUT2D eigenvalue weighted by Gasteiger charge is -2.26. The maximum absolute atomic E-state index is 12.4. The standard InChI is InChI=1S/C18H23N5O3S/c1-3-26-18(25)22-8-5-13-14(10-19)17(27-15(13)11-22)21-16(24)6-9-23-12(2)4-7-20-23/h4,7,10,19H,3,5-6,8-9,11H2,1-2H3,(H,21,24). The molecule has 0 fully saturated rings. The van der Waals surface area contributed by atoms with Gasteiger partial charge in [0.25, 0.3) is 0 Å². The van der Waals surface area contributed by atoms with Gasteiger partial charge >= 0.3 is 6.09 Å². The quantitative estimate of drug-likeness (QED) is 0.742. The normalized spacial score (nSPS) is 13.2. The highest BCUT2D eigenvalue weighted by atomic mass is 32.1. The molecule has 0 bridgehead atoms. The van der Waals surface area contributed by atoms with Crippen LogP contribution in [0.1, 0.15) is 35.0 Å². The number of aryl methyl sites for hydroxylation is 2. The molecule has 0 saturated heterocycles. The molecule has 0 saturated carbocycles. The predicted molar refractivity (Wildman–Crippen MR) is 104 cm³/mol. The third-order valence-corrected chi connectivity index (χ3v) is 5.65. The van der Waals surface area contributed by atoms with Gasteiger partial charge in [0.1, 0.15) is 5.00 Å². The van der Waals surface area contributed by atoms with E-state index in [-0.39, 0.29) is 12.0 Å². The van der Waals surface area contributed by atoms with E-state index in [0.29, 0.717) is 44.1 Å². The van der Waals surface area contributed by atoms with Crippen molar-refractivity contribution in [2.45, 2.75) is 39.8 Å². The summed E-state index contributed by atoms with van der Waals surface area (Å²) in [5, 5.41) is 15.5. The smallest absolute Gasteiger partial charge is 0.410 e. The summed E-state index contributed by atoms with van der Waals surface area (Å²) in [4.78, 5) is 27.0. The molecule has 0 aliphatic carbocycles. The van der Waals surface area contributed by atoms with E-state index in [1.807, 2.05) is 13.0 Å². The summed E-state index contributed by atoms with van der Waals surface area (Å²) in [5.74, 6) is -0.117. The first-order chi connectivity index (χ1) is 13.0. The topological polar surface area (TPSA) is 100 Å². The SMILES string of the molecule is CCOC(=O)N1CCc2c(sc(NC(=O)CCn3nccc3C)c2C=N)C1. The van der Waals surface area contributed by atoms with Crippen LogP contribution in [0.2, 0.25) is 0 Å². The Morgan fingerprint density at radius 2 is 2.30 bits per heavy atom. The van der Waals surface area contributed by atoms with Gasteiger partial charge in [0.05, 0.1) is 13.2 Å². The first-order valence-corrected chi connectivity index (χ1v) is 9.70. The van der Waals surface area contributed by atoms with Crippen molar-refractivity contribution >= 4 is 34.6 Å². The second kappa shape index (κ2) is 8.34. The number of fused-ring (bicyclic) bond motifs is 1. The molecule has 2 aromatic heterocycles. The molecule has 1 aliphatic rings. The van der Waals surface area contributed by atoms with Crippen LogP contribution in [0.3, 0.4) is 0 Å². The van der Waals surface area contributed by atoms with Crippen molar-refractivity contribution in [3.05, 3.63) is 34.0 Å². The van der Waals surface area contributed by atoms with E-state index >= 15 is 0 Å². The molecule has 0 aromatic carbocycles. The maximum atomic E-state index is 12.4. The number of nitrogens with zero attached hydrogens (tertiary/aromatic N) is 3. The number of nitrogens with one attached hydrogen (secondary N) is 2. The monoisotopic (exact) mass is 389 g/mol. The number of hydrogen-bond donors (Lipinski definition) is 2. The van der Waals surface area contributed by atoms with Crippen LogP contribution >= 0.6 is 11.3 Å². The van der Waals surface area contributed by atoms with E-state index in [2.05, 4.69) is 10.4 Å². The maximum Gasteiger partial charge on any atom is 0.410 e. The van der Waals surface area contributed by atoms with Gasteiger partial charge in [-0.25, -0.2) is 4.79 Å².